The fraction of sp³-hybridized carbons (Fsp3) is 0.458. The quantitative estimate of drug-likeness (QED) is 0.669. The fourth-order valence-electron chi connectivity index (χ4n) is 4.82. The van der Waals surface area contributed by atoms with Gasteiger partial charge in [-0.15, -0.1) is 0 Å². The zero-order valence-corrected chi connectivity index (χ0v) is 19.5. The molecule has 182 valence electrons. The fourth-order valence-corrected chi connectivity index (χ4v) is 6.42. The van der Waals surface area contributed by atoms with Crippen LogP contribution in [0.1, 0.15) is 41.6 Å². The summed E-state index contributed by atoms with van der Waals surface area (Å²) in [4.78, 5) is 12.6. The Labute approximate surface area is 198 Å². The second kappa shape index (κ2) is 9.16. The molecule has 2 aromatic rings. The summed E-state index contributed by atoms with van der Waals surface area (Å²) in [6, 6.07) is 9.27. The number of carbonyl (C=O) groups excluding carboxylic acids is 1. The van der Waals surface area contributed by atoms with E-state index in [0.29, 0.717) is 57.2 Å². The Morgan fingerprint density at radius 1 is 1.03 bits per heavy atom. The van der Waals surface area contributed by atoms with Crippen molar-refractivity contribution in [2.24, 2.45) is 0 Å². The molecule has 0 aromatic heterocycles. The van der Waals surface area contributed by atoms with Gasteiger partial charge in [0.2, 0.25) is 16.8 Å². The van der Waals surface area contributed by atoms with Gasteiger partial charge in [-0.2, -0.15) is 4.31 Å². The van der Waals surface area contributed by atoms with Gasteiger partial charge in [-0.05, 0) is 61.6 Å². The van der Waals surface area contributed by atoms with Crippen LogP contribution in [0.4, 0.5) is 4.39 Å². The van der Waals surface area contributed by atoms with Crippen LogP contribution in [0.15, 0.2) is 41.3 Å². The summed E-state index contributed by atoms with van der Waals surface area (Å²) in [5.41, 5.74) is 0.739. The van der Waals surface area contributed by atoms with Gasteiger partial charge >= 0.3 is 0 Å². The minimum absolute atomic E-state index is 0.104. The Morgan fingerprint density at radius 3 is 2.53 bits per heavy atom. The van der Waals surface area contributed by atoms with Crippen molar-refractivity contribution in [2.75, 3.05) is 39.6 Å². The molecule has 2 saturated heterocycles. The zero-order chi connectivity index (χ0) is 23.8. The van der Waals surface area contributed by atoms with Crippen molar-refractivity contribution < 1.29 is 31.8 Å². The Hall–Kier alpha value is -2.69. The first kappa shape index (κ1) is 23.1. The summed E-state index contributed by atoms with van der Waals surface area (Å²) in [5, 5.41) is 2.95. The first-order chi connectivity index (χ1) is 16.4. The molecule has 1 N–H and O–H groups in total. The van der Waals surface area contributed by atoms with Gasteiger partial charge < -0.3 is 19.5 Å². The van der Waals surface area contributed by atoms with E-state index in [4.69, 9.17) is 14.2 Å². The van der Waals surface area contributed by atoms with E-state index in [1.165, 1.54) is 10.4 Å². The van der Waals surface area contributed by atoms with Crippen LogP contribution in [0.2, 0.25) is 0 Å². The highest BCUT2D eigenvalue weighted by molar-refractivity contribution is 7.89. The van der Waals surface area contributed by atoms with Gasteiger partial charge in [0, 0.05) is 43.8 Å². The molecule has 3 aliphatic heterocycles. The van der Waals surface area contributed by atoms with Gasteiger partial charge in [-0.3, -0.25) is 4.79 Å². The standard InChI is InChI=1S/C24H27FN2O6S/c25-19-5-3-17(13-22(19)34(29,30)27-9-1-2-10-27)23(28)26-15-24(7-11-31-12-8-24)18-4-6-20-21(14-18)33-16-32-20/h3-6,13-14H,1-2,7-12,15-16H2,(H,26,28). The SMILES string of the molecule is O=C(NCC1(c2ccc3c(c2)OCO3)CCOCC1)c1ccc(F)c(S(=O)(=O)N2CCCC2)c1. The Bertz CT molecular complexity index is 1190. The topological polar surface area (TPSA) is 94.2 Å². The van der Waals surface area contributed by atoms with E-state index in [1.807, 2.05) is 18.2 Å². The van der Waals surface area contributed by atoms with Crippen LogP contribution >= 0.6 is 0 Å². The number of nitrogens with zero attached hydrogens (tertiary/aromatic N) is 1. The third-order valence-corrected chi connectivity index (χ3v) is 8.81. The van der Waals surface area contributed by atoms with Crippen molar-refractivity contribution in [3.63, 3.8) is 0 Å². The van der Waals surface area contributed by atoms with E-state index in [1.54, 1.807) is 0 Å². The van der Waals surface area contributed by atoms with Crippen LogP contribution < -0.4 is 14.8 Å². The molecule has 0 aliphatic carbocycles. The molecular formula is C24H27FN2O6S. The number of fused-ring (bicyclic) bond motifs is 1. The summed E-state index contributed by atoms with van der Waals surface area (Å²) >= 11 is 0. The minimum Gasteiger partial charge on any atom is -0.454 e. The van der Waals surface area contributed by atoms with Gasteiger partial charge in [0.25, 0.3) is 5.91 Å². The van der Waals surface area contributed by atoms with Crippen LogP contribution in [0.5, 0.6) is 11.5 Å². The number of rotatable bonds is 6. The van der Waals surface area contributed by atoms with E-state index in [0.717, 1.165) is 30.5 Å². The van der Waals surface area contributed by atoms with Crippen molar-refractivity contribution in [3.8, 4) is 11.5 Å². The number of nitrogens with one attached hydrogen (secondary N) is 1. The second-order valence-corrected chi connectivity index (χ2v) is 10.8. The molecular weight excluding hydrogens is 463 g/mol. The minimum atomic E-state index is -3.99. The van der Waals surface area contributed by atoms with Gasteiger partial charge in [0.15, 0.2) is 11.5 Å². The van der Waals surface area contributed by atoms with Gasteiger partial charge in [-0.1, -0.05) is 6.07 Å². The number of amides is 1. The molecule has 3 heterocycles. The molecule has 3 aliphatic rings. The van der Waals surface area contributed by atoms with Crippen molar-refractivity contribution >= 4 is 15.9 Å². The second-order valence-electron chi connectivity index (χ2n) is 8.90. The predicted octanol–water partition coefficient (Wildman–Crippen LogP) is 2.82. The number of benzene rings is 2. The number of hydrogen-bond donors (Lipinski definition) is 1. The van der Waals surface area contributed by atoms with Gasteiger partial charge in [0.1, 0.15) is 10.7 Å². The van der Waals surface area contributed by atoms with Crippen molar-refractivity contribution in [3.05, 3.63) is 53.3 Å². The lowest BCUT2D eigenvalue weighted by Crippen LogP contribution is -2.44. The smallest absolute Gasteiger partial charge is 0.251 e. The molecule has 0 unspecified atom stereocenters. The number of sulfonamides is 1. The van der Waals surface area contributed by atoms with Crippen LogP contribution in [0, 0.1) is 5.82 Å². The van der Waals surface area contributed by atoms with Crippen molar-refractivity contribution in [1.29, 1.82) is 0 Å². The lowest BCUT2D eigenvalue weighted by Gasteiger charge is -2.38. The molecule has 0 spiro atoms. The third kappa shape index (κ3) is 4.25. The molecule has 0 atom stereocenters. The van der Waals surface area contributed by atoms with Crippen LogP contribution in [-0.2, 0) is 20.2 Å². The van der Waals surface area contributed by atoms with E-state index in [-0.39, 0.29) is 17.8 Å². The maximum Gasteiger partial charge on any atom is 0.251 e. The van der Waals surface area contributed by atoms with E-state index in [2.05, 4.69) is 5.32 Å². The number of halogens is 1. The zero-order valence-electron chi connectivity index (χ0n) is 18.7. The molecule has 1 amide bonds. The molecule has 8 nitrogen and oxygen atoms in total. The Morgan fingerprint density at radius 2 is 1.76 bits per heavy atom. The molecule has 2 aromatic carbocycles. The molecule has 2 fully saturated rings. The summed E-state index contributed by atoms with van der Waals surface area (Å²) < 4.78 is 58.0. The first-order valence-corrected chi connectivity index (χ1v) is 12.9. The summed E-state index contributed by atoms with van der Waals surface area (Å²) in [6.07, 6.45) is 2.88. The van der Waals surface area contributed by atoms with E-state index in [9.17, 15) is 17.6 Å². The van der Waals surface area contributed by atoms with Crippen LogP contribution in [-0.4, -0.2) is 58.3 Å². The van der Waals surface area contributed by atoms with Crippen LogP contribution in [0.3, 0.4) is 0 Å². The first-order valence-electron chi connectivity index (χ1n) is 11.4. The molecule has 0 radical (unpaired) electrons. The molecule has 34 heavy (non-hydrogen) atoms. The number of ether oxygens (including phenoxy) is 3. The van der Waals surface area contributed by atoms with Crippen molar-refractivity contribution in [1.82, 2.24) is 9.62 Å². The molecule has 0 bridgehead atoms. The number of carbonyl (C=O) groups is 1. The highest BCUT2D eigenvalue weighted by Crippen LogP contribution is 2.40. The predicted molar refractivity (Wildman–Crippen MR) is 121 cm³/mol. The molecule has 10 heteroatoms. The van der Waals surface area contributed by atoms with Gasteiger partial charge in [0.05, 0.1) is 0 Å². The van der Waals surface area contributed by atoms with E-state index >= 15 is 0 Å². The third-order valence-electron chi connectivity index (χ3n) is 6.90. The lowest BCUT2D eigenvalue weighted by atomic mass is 9.74. The van der Waals surface area contributed by atoms with Crippen molar-refractivity contribution in [2.45, 2.75) is 36.0 Å². The monoisotopic (exact) mass is 490 g/mol. The Balaban J connectivity index is 1.37. The van der Waals surface area contributed by atoms with Gasteiger partial charge in [-0.25, -0.2) is 12.8 Å². The highest BCUT2D eigenvalue weighted by atomic mass is 32.2. The maximum absolute atomic E-state index is 14.5. The van der Waals surface area contributed by atoms with E-state index < -0.39 is 26.6 Å². The largest absolute Gasteiger partial charge is 0.454 e. The normalized spacial score (nSPS) is 19.8. The summed E-state index contributed by atoms with van der Waals surface area (Å²) in [6.45, 7) is 2.33. The number of hydrogen-bond acceptors (Lipinski definition) is 6. The Kier molecular flexibility index (Phi) is 6.22. The molecule has 5 rings (SSSR count). The summed E-state index contributed by atoms with van der Waals surface area (Å²) in [5.74, 6) is 0.0484. The highest BCUT2D eigenvalue weighted by Gasteiger charge is 2.36. The average Bonchev–Trinajstić information content (AvgIpc) is 3.55. The van der Waals surface area contributed by atoms with Crippen LogP contribution in [0.25, 0.3) is 0 Å². The summed E-state index contributed by atoms with van der Waals surface area (Å²) in [7, 11) is -3.99. The molecule has 0 saturated carbocycles. The average molecular weight is 491 g/mol. The lowest BCUT2D eigenvalue weighted by molar-refractivity contribution is 0.0486. The maximum atomic E-state index is 14.5.